The van der Waals surface area contributed by atoms with Crippen molar-refractivity contribution in [2.75, 3.05) is 0 Å². The van der Waals surface area contributed by atoms with Gasteiger partial charge in [0.1, 0.15) is 12.3 Å². The highest BCUT2D eigenvalue weighted by molar-refractivity contribution is 5.89. The van der Waals surface area contributed by atoms with E-state index in [-0.39, 0.29) is 18.1 Å². The van der Waals surface area contributed by atoms with Crippen LogP contribution in [0.1, 0.15) is 28.5 Å². The summed E-state index contributed by atoms with van der Waals surface area (Å²) >= 11 is 0. The number of fused-ring (bicyclic) bond motifs is 1. The Morgan fingerprint density at radius 2 is 1.92 bits per heavy atom. The fourth-order valence-corrected chi connectivity index (χ4v) is 2.39. The van der Waals surface area contributed by atoms with E-state index in [4.69, 9.17) is 4.74 Å². The third kappa shape index (κ3) is 4.13. The topological polar surface area (TPSA) is 89.8 Å². The van der Waals surface area contributed by atoms with Gasteiger partial charge in [-0.05, 0) is 29.8 Å². The summed E-state index contributed by atoms with van der Waals surface area (Å²) in [5.74, 6) is -0.626. The van der Waals surface area contributed by atoms with Crippen molar-refractivity contribution in [1.29, 1.82) is 0 Å². The van der Waals surface area contributed by atoms with Crippen molar-refractivity contribution < 1.29 is 14.3 Å². The molecule has 0 radical (unpaired) electrons. The molecule has 0 aliphatic carbocycles. The summed E-state index contributed by atoms with van der Waals surface area (Å²) in [5, 5.41) is 2.68. The highest BCUT2D eigenvalue weighted by Crippen LogP contribution is 2.08. The Bertz CT molecular complexity index is 1010. The molecule has 0 unspecified atom stereocenters. The number of benzene rings is 1. The van der Waals surface area contributed by atoms with Gasteiger partial charge >= 0.3 is 5.97 Å². The van der Waals surface area contributed by atoms with Gasteiger partial charge in [0.05, 0.1) is 11.3 Å². The molecular weight excluding hydrogens is 334 g/mol. The normalized spacial score (nSPS) is 10.5. The van der Waals surface area contributed by atoms with Gasteiger partial charge in [0.15, 0.2) is 0 Å². The van der Waals surface area contributed by atoms with E-state index in [2.05, 4.69) is 10.3 Å². The number of carbonyl (C=O) groups excluding carboxylic acids is 2. The highest BCUT2D eigenvalue weighted by Gasteiger charge is 2.09. The van der Waals surface area contributed by atoms with Crippen LogP contribution in [-0.4, -0.2) is 21.3 Å². The largest absolute Gasteiger partial charge is 0.456 e. The van der Waals surface area contributed by atoms with E-state index in [1.54, 1.807) is 48.7 Å². The van der Waals surface area contributed by atoms with Crippen LogP contribution in [0.2, 0.25) is 0 Å². The lowest BCUT2D eigenvalue weighted by Gasteiger charge is -2.07. The summed E-state index contributed by atoms with van der Waals surface area (Å²) in [5.41, 5.74) is 1.91. The number of hydrogen-bond acceptors (Lipinski definition) is 5. The lowest BCUT2D eigenvalue weighted by atomic mass is 10.1. The molecule has 0 saturated heterocycles. The van der Waals surface area contributed by atoms with Crippen LogP contribution in [0, 0.1) is 0 Å². The number of nitrogens with one attached hydrogen (secondary N) is 1. The Balaban J connectivity index is 1.65. The number of nitrogens with zero attached hydrogens (tertiary/aromatic N) is 2. The molecule has 1 aromatic carbocycles. The van der Waals surface area contributed by atoms with Crippen molar-refractivity contribution in [3.05, 3.63) is 81.9 Å². The van der Waals surface area contributed by atoms with Gasteiger partial charge in [0.25, 0.3) is 5.56 Å². The zero-order valence-electron chi connectivity index (χ0n) is 14.1. The molecule has 26 heavy (non-hydrogen) atoms. The number of aromatic nitrogens is 2. The molecular formula is C19H17N3O4. The van der Waals surface area contributed by atoms with Crippen molar-refractivity contribution in [2.45, 2.75) is 20.1 Å². The molecule has 2 heterocycles. The molecule has 0 fully saturated rings. The van der Waals surface area contributed by atoms with Gasteiger partial charge in [-0.15, -0.1) is 0 Å². The van der Waals surface area contributed by atoms with Crippen LogP contribution in [0.3, 0.4) is 0 Å². The summed E-state index contributed by atoms with van der Waals surface area (Å²) in [4.78, 5) is 39.4. The fraction of sp³-hybridized carbons (Fsp3) is 0.158. The molecule has 7 nitrogen and oxygen atoms in total. The Hall–Kier alpha value is -3.48. The van der Waals surface area contributed by atoms with Gasteiger partial charge in [-0.2, -0.15) is 0 Å². The number of amides is 1. The summed E-state index contributed by atoms with van der Waals surface area (Å²) < 4.78 is 6.65. The van der Waals surface area contributed by atoms with Gasteiger partial charge in [-0.1, -0.05) is 18.2 Å². The van der Waals surface area contributed by atoms with E-state index in [9.17, 15) is 14.4 Å². The number of carbonyl (C=O) groups is 2. The van der Waals surface area contributed by atoms with E-state index in [0.29, 0.717) is 23.4 Å². The monoisotopic (exact) mass is 351 g/mol. The van der Waals surface area contributed by atoms with E-state index < -0.39 is 5.97 Å². The van der Waals surface area contributed by atoms with E-state index in [1.807, 2.05) is 0 Å². The van der Waals surface area contributed by atoms with Gasteiger partial charge in [-0.3, -0.25) is 14.0 Å². The van der Waals surface area contributed by atoms with Gasteiger partial charge in [0, 0.05) is 25.7 Å². The van der Waals surface area contributed by atoms with Gasteiger partial charge < -0.3 is 10.1 Å². The van der Waals surface area contributed by atoms with Crippen molar-refractivity contribution in [2.24, 2.45) is 0 Å². The fourth-order valence-electron chi connectivity index (χ4n) is 2.39. The van der Waals surface area contributed by atoms with Crippen LogP contribution in [0.4, 0.5) is 0 Å². The van der Waals surface area contributed by atoms with Crippen molar-refractivity contribution in [1.82, 2.24) is 14.7 Å². The molecule has 7 heteroatoms. The molecule has 3 rings (SSSR count). The second-order valence-corrected chi connectivity index (χ2v) is 5.70. The molecule has 3 aromatic rings. The van der Waals surface area contributed by atoms with Gasteiger partial charge in [0.2, 0.25) is 5.91 Å². The minimum absolute atomic E-state index is 0.0902. The minimum Gasteiger partial charge on any atom is -0.456 e. The molecule has 0 bridgehead atoms. The Morgan fingerprint density at radius 1 is 1.15 bits per heavy atom. The molecule has 2 aromatic heterocycles. The molecule has 0 aliphatic rings. The molecule has 0 aliphatic heterocycles. The van der Waals surface area contributed by atoms with E-state index in [0.717, 1.165) is 5.56 Å². The SMILES string of the molecule is CC(=O)NCc1ccc(C(=O)OCc2cc(=O)n3ccccc3n2)cc1. The molecule has 1 N–H and O–H groups in total. The third-order valence-electron chi connectivity index (χ3n) is 3.71. The maximum absolute atomic E-state index is 12.1. The van der Waals surface area contributed by atoms with Crippen LogP contribution < -0.4 is 10.9 Å². The average molecular weight is 351 g/mol. The predicted molar refractivity (Wildman–Crippen MR) is 94.5 cm³/mol. The number of ether oxygens (including phenoxy) is 1. The Labute approximate surface area is 149 Å². The van der Waals surface area contributed by atoms with Gasteiger partial charge in [-0.25, -0.2) is 9.78 Å². The highest BCUT2D eigenvalue weighted by atomic mass is 16.5. The minimum atomic E-state index is -0.508. The average Bonchev–Trinajstić information content (AvgIpc) is 2.65. The summed E-state index contributed by atoms with van der Waals surface area (Å²) in [6.45, 7) is 1.75. The van der Waals surface area contributed by atoms with Crippen LogP contribution in [0.25, 0.3) is 5.65 Å². The second kappa shape index (κ2) is 7.60. The molecule has 0 saturated carbocycles. The maximum atomic E-state index is 12.1. The third-order valence-corrected chi connectivity index (χ3v) is 3.71. The van der Waals surface area contributed by atoms with Crippen LogP contribution >= 0.6 is 0 Å². The first kappa shape index (κ1) is 17.3. The summed E-state index contributed by atoms with van der Waals surface area (Å²) in [6.07, 6.45) is 1.63. The zero-order valence-corrected chi connectivity index (χ0v) is 14.1. The predicted octanol–water partition coefficient (Wildman–Crippen LogP) is 1.69. The number of hydrogen-bond donors (Lipinski definition) is 1. The maximum Gasteiger partial charge on any atom is 0.338 e. The van der Waals surface area contributed by atoms with Crippen LogP contribution in [0.5, 0.6) is 0 Å². The number of pyridine rings is 1. The van der Waals surface area contributed by atoms with Crippen molar-refractivity contribution >= 4 is 17.5 Å². The number of esters is 1. The lowest BCUT2D eigenvalue weighted by Crippen LogP contribution is -2.19. The lowest BCUT2D eigenvalue weighted by molar-refractivity contribution is -0.119. The Kier molecular flexibility index (Phi) is 5.07. The van der Waals surface area contributed by atoms with Crippen LogP contribution in [0.15, 0.2) is 59.5 Å². The first-order valence-electron chi connectivity index (χ1n) is 8.01. The van der Waals surface area contributed by atoms with Crippen molar-refractivity contribution in [3.8, 4) is 0 Å². The first-order chi connectivity index (χ1) is 12.5. The van der Waals surface area contributed by atoms with Crippen molar-refractivity contribution in [3.63, 3.8) is 0 Å². The first-order valence-corrected chi connectivity index (χ1v) is 8.01. The van der Waals surface area contributed by atoms with E-state index in [1.165, 1.54) is 17.4 Å². The molecule has 0 spiro atoms. The molecule has 1 amide bonds. The summed E-state index contributed by atoms with van der Waals surface area (Å²) in [6, 6.07) is 13.3. The second-order valence-electron chi connectivity index (χ2n) is 5.70. The summed E-state index contributed by atoms with van der Waals surface area (Å²) in [7, 11) is 0. The molecule has 0 atom stereocenters. The number of rotatable bonds is 5. The quantitative estimate of drug-likeness (QED) is 0.707. The zero-order chi connectivity index (χ0) is 18.5. The van der Waals surface area contributed by atoms with E-state index >= 15 is 0 Å². The molecule has 132 valence electrons. The smallest absolute Gasteiger partial charge is 0.338 e. The van der Waals surface area contributed by atoms with Crippen LogP contribution in [-0.2, 0) is 22.7 Å². The standard InChI is InChI=1S/C19H17N3O4/c1-13(23)20-11-14-5-7-15(8-6-14)19(25)26-12-16-10-18(24)22-9-3-2-4-17(22)21-16/h2-10H,11-12H2,1H3,(H,20,23). The Morgan fingerprint density at radius 3 is 2.65 bits per heavy atom.